The molecule has 0 bridgehead atoms. The van der Waals surface area contributed by atoms with Gasteiger partial charge in [0, 0.05) is 0 Å². The third-order valence-corrected chi connectivity index (χ3v) is 4.60. The molecule has 1 heterocycles. The van der Waals surface area contributed by atoms with Gasteiger partial charge in [0.25, 0.3) is 0 Å². The summed E-state index contributed by atoms with van der Waals surface area (Å²) < 4.78 is 70.6. The lowest BCUT2D eigenvalue weighted by Crippen LogP contribution is -2.38. The summed E-state index contributed by atoms with van der Waals surface area (Å²) in [6.45, 7) is 0.550. The molecule has 0 aliphatic carbocycles. The molecule has 0 fully saturated rings. The third kappa shape index (κ3) is 5.21. The van der Waals surface area contributed by atoms with Crippen LogP contribution >= 0.6 is 0 Å². The van der Waals surface area contributed by atoms with Crippen LogP contribution in [0.1, 0.15) is 25.8 Å². The van der Waals surface area contributed by atoms with Gasteiger partial charge < -0.3 is 14.2 Å². The van der Waals surface area contributed by atoms with Crippen LogP contribution in [0.25, 0.3) is 0 Å². The number of carbonyl (C=O) groups is 2. The summed E-state index contributed by atoms with van der Waals surface area (Å²) in [5.74, 6) is -0.605. The molecule has 0 atom stereocenters. The average molecular weight is 408 g/mol. The number of ether oxygens (including phenoxy) is 3. The number of hydrogen-bond acceptors (Lipinski definition) is 7. The fraction of sp³-hybridized carbons (Fsp3) is 0.500. The predicted molar refractivity (Wildman–Crippen MR) is 87.1 cm³/mol. The van der Waals surface area contributed by atoms with E-state index in [4.69, 9.17) is 14.0 Å². The van der Waals surface area contributed by atoms with Crippen LogP contribution < -0.4 is 9.47 Å². The van der Waals surface area contributed by atoms with Crippen molar-refractivity contribution in [1.29, 1.82) is 0 Å². The molecule has 0 spiro atoms. The van der Waals surface area contributed by atoms with Crippen molar-refractivity contribution < 1.29 is 45.6 Å². The minimum absolute atomic E-state index is 0.174. The molecule has 1 aliphatic heterocycles. The van der Waals surface area contributed by atoms with Crippen LogP contribution in [0, 0.1) is 5.41 Å². The van der Waals surface area contributed by atoms with Gasteiger partial charge in [-0.05, 0) is 44.0 Å². The van der Waals surface area contributed by atoms with E-state index < -0.39 is 40.0 Å². The number of esters is 2. The molecule has 0 radical (unpaired) electrons. The van der Waals surface area contributed by atoms with Crippen LogP contribution in [0.15, 0.2) is 18.2 Å². The van der Waals surface area contributed by atoms with Gasteiger partial charge in [0.05, 0.1) is 18.4 Å². The summed E-state index contributed by atoms with van der Waals surface area (Å²) in [7, 11) is -5.61. The normalized spacial score (nSPS) is 15.1. The maximum Gasteiger partial charge on any atom is 0.392 e. The minimum Gasteiger partial charge on any atom is -0.426 e. The standard InChI is InChI=1S/C16H18F2O8S/c1-15(2,8-24-9-16(17,18)27(21,22)23)14(20)25-11-4-5-12-10(7-11)3-6-13(19)26-12/h4-5,7H,3,6,8-9H2,1-2H3,(H,21,22,23). The van der Waals surface area contributed by atoms with E-state index in [1.807, 2.05) is 0 Å². The van der Waals surface area contributed by atoms with Gasteiger partial charge in [0.1, 0.15) is 18.1 Å². The first-order chi connectivity index (χ1) is 12.3. The molecule has 0 saturated carbocycles. The van der Waals surface area contributed by atoms with Crippen molar-refractivity contribution in [3.8, 4) is 11.5 Å². The van der Waals surface area contributed by atoms with Gasteiger partial charge in [-0.1, -0.05) is 0 Å². The highest BCUT2D eigenvalue weighted by Crippen LogP contribution is 2.30. The molecule has 2 rings (SSSR count). The first-order valence-corrected chi connectivity index (χ1v) is 9.24. The number of rotatable bonds is 7. The van der Waals surface area contributed by atoms with Crippen molar-refractivity contribution in [3.05, 3.63) is 23.8 Å². The molecule has 8 nitrogen and oxygen atoms in total. The van der Waals surface area contributed by atoms with Crippen LogP contribution in [-0.2, 0) is 30.9 Å². The minimum atomic E-state index is -5.61. The van der Waals surface area contributed by atoms with Crippen molar-refractivity contribution in [2.45, 2.75) is 31.9 Å². The van der Waals surface area contributed by atoms with Gasteiger partial charge in [-0.2, -0.15) is 17.2 Å². The molecule has 0 unspecified atom stereocenters. The van der Waals surface area contributed by atoms with Crippen LogP contribution in [0.5, 0.6) is 11.5 Å². The number of halogens is 2. The zero-order chi connectivity index (χ0) is 20.5. The van der Waals surface area contributed by atoms with E-state index in [-0.39, 0.29) is 18.1 Å². The summed E-state index contributed by atoms with van der Waals surface area (Å²) in [5, 5.41) is -4.48. The SMILES string of the molecule is CC(C)(COCC(F)(F)S(=O)(=O)O)C(=O)Oc1ccc2c(c1)CCC(=O)O2. The Kier molecular flexibility index (Phi) is 5.88. The maximum atomic E-state index is 13.1. The molecule has 11 heteroatoms. The fourth-order valence-corrected chi connectivity index (χ4v) is 2.36. The highest BCUT2D eigenvalue weighted by atomic mass is 32.2. The van der Waals surface area contributed by atoms with E-state index in [2.05, 4.69) is 4.74 Å². The third-order valence-electron chi connectivity index (χ3n) is 3.73. The largest absolute Gasteiger partial charge is 0.426 e. The Bertz CT molecular complexity index is 848. The number of benzene rings is 1. The topological polar surface area (TPSA) is 116 Å². The lowest BCUT2D eigenvalue weighted by molar-refractivity contribution is -0.149. The van der Waals surface area contributed by atoms with Crippen molar-refractivity contribution in [1.82, 2.24) is 0 Å². The van der Waals surface area contributed by atoms with E-state index in [9.17, 15) is 26.8 Å². The molecule has 1 aliphatic rings. The first kappa shape index (κ1) is 21.2. The highest BCUT2D eigenvalue weighted by Gasteiger charge is 2.45. The van der Waals surface area contributed by atoms with Crippen LogP contribution in [0.2, 0.25) is 0 Å². The van der Waals surface area contributed by atoms with Crippen LogP contribution in [-0.4, -0.2) is 43.4 Å². The van der Waals surface area contributed by atoms with Gasteiger partial charge in [-0.3, -0.25) is 14.1 Å². The molecule has 0 saturated heterocycles. The van der Waals surface area contributed by atoms with E-state index in [1.54, 1.807) is 0 Å². The second-order valence-electron chi connectivity index (χ2n) is 6.62. The van der Waals surface area contributed by atoms with Crippen molar-refractivity contribution in [3.63, 3.8) is 0 Å². The monoisotopic (exact) mass is 408 g/mol. The number of alkyl halides is 2. The quantitative estimate of drug-likeness (QED) is 0.414. The molecule has 1 aromatic rings. The summed E-state index contributed by atoms with van der Waals surface area (Å²) in [6, 6.07) is 4.42. The van der Waals surface area contributed by atoms with Crippen molar-refractivity contribution >= 4 is 22.1 Å². The smallest absolute Gasteiger partial charge is 0.392 e. The zero-order valence-corrected chi connectivity index (χ0v) is 15.3. The molecular formula is C16H18F2O8S. The molecule has 1 N–H and O–H groups in total. The second-order valence-corrected chi connectivity index (χ2v) is 8.17. The second kappa shape index (κ2) is 7.49. The Hall–Kier alpha value is -2.11. The molecule has 0 aromatic heterocycles. The Morgan fingerprint density at radius 1 is 1.26 bits per heavy atom. The average Bonchev–Trinajstić information content (AvgIpc) is 2.53. The Morgan fingerprint density at radius 2 is 1.93 bits per heavy atom. The number of hydrogen-bond donors (Lipinski definition) is 1. The Labute approximate surface area is 154 Å². The lowest BCUT2D eigenvalue weighted by Gasteiger charge is -2.24. The van der Waals surface area contributed by atoms with Crippen LogP contribution in [0.4, 0.5) is 8.78 Å². The van der Waals surface area contributed by atoms with Crippen LogP contribution in [0.3, 0.4) is 0 Å². The summed E-state index contributed by atoms with van der Waals surface area (Å²) in [5.41, 5.74) is -0.695. The molecule has 0 amide bonds. The molecular weight excluding hydrogens is 390 g/mol. The predicted octanol–water partition coefficient (Wildman–Crippen LogP) is 1.97. The molecule has 27 heavy (non-hydrogen) atoms. The highest BCUT2D eigenvalue weighted by molar-refractivity contribution is 7.86. The Balaban J connectivity index is 1.97. The van der Waals surface area contributed by atoms with E-state index >= 15 is 0 Å². The maximum absolute atomic E-state index is 13.1. The zero-order valence-electron chi connectivity index (χ0n) is 14.5. The molecule has 150 valence electrons. The summed E-state index contributed by atoms with van der Waals surface area (Å²) in [4.78, 5) is 23.5. The Morgan fingerprint density at radius 3 is 2.56 bits per heavy atom. The van der Waals surface area contributed by atoms with Crippen molar-refractivity contribution in [2.75, 3.05) is 13.2 Å². The summed E-state index contributed by atoms with van der Waals surface area (Å²) in [6.07, 6.45) is 0.627. The van der Waals surface area contributed by atoms with Gasteiger partial charge in [0.15, 0.2) is 0 Å². The van der Waals surface area contributed by atoms with Gasteiger partial charge in [0.2, 0.25) is 0 Å². The fourth-order valence-electron chi connectivity index (χ4n) is 2.13. The van der Waals surface area contributed by atoms with Gasteiger partial charge >= 0.3 is 27.3 Å². The van der Waals surface area contributed by atoms with E-state index in [1.165, 1.54) is 32.0 Å². The summed E-state index contributed by atoms with van der Waals surface area (Å²) >= 11 is 0. The number of carbonyl (C=O) groups excluding carboxylic acids is 2. The molecule has 1 aromatic carbocycles. The van der Waals surface area contributed by atoms with Crippen molar-refractivity contribution in [2.24, 2.45) is 5.41 Å². The lowest BCUT2D eigenvalue weighted by atomic mass is 9.95. The number of fused-ring (bicyclic) bond motifs is 1. The number of aryl methyl sites for hydroxylation is 1. The van der Waals surface area contributed by atoms with Gasteiger partial charge in [-0.15, -0.1) is 0 Å². The van der Waals surface area contributed by atoms with E-state index in [0.29, 0.717) is 17.7 Å². The van der Waals surface area contributed by atoms with E-state index in [0.717, 1.165) is 0 Å². The van der Waals surface area contributed by atoms with Gasteiger partial charge in [-0.25, -0.2) is 0 Å². The first-order valence-electron chi connectivity index (χ1n) is 7.80.